The van der Waals surface area contributed by atoms with Crippen LogP contribution in [-0.4, -0.2) is 69.0 Å². The van der Waals surface area contributed by atoms with Gasteiger partial charge in [0.1, 0.15) is 24.5 Å². The minimum atomic E-state index is -1.39. The largest absolute Gasteiger partial charge is 0.394 e. The Hall–Kier alpha value is -1.23. The van der Waals surface area contributed by atoms with Crippen molar-refractivity contribution in [3.63, 3.8) is 0 Å². The van der Waals surface area contributed by atoms with Crippen LogP contribution in [0.1, 0.15) is 0 Å². The number of carbonyl (C=O) groups excluding carboxylic acids is 1. The van der Waals surface area contributed by atoms with E-state index in [-0.39, 0.29) is 0 Å². The van der Waals surface area contributed by atoms with E-state index in [0.717, 1.165) is 6.20 Å². The van der Waals surface area contributed by atoms with Gasteiger partial charge in [0.2, 0.25) is 6.29 Å². The van der Waals surface area contributed by atoms with E-state index in [4.69, 9.17) is 19.8 Å². The number of rotatable bonds is 3. The summed E-state index contributed by atoms with van der Waals surface area (Å²) < 4.78 is 5.02. The van der Waals surface area contributed by atoms with Crippen LogP contribution in [0.4, 0.5) is 4.79 Å². The van der Waals surface area contributed by atoms with Gasteiger partial charge in [-0.15, -0.1) is 0 Å². The first kappa shape index (κ1) is 13.2. The first-order chi connectivity index (χ1) is 8.52. The average molecular weight is 262 g/mol. The highest BCUT2D eigenvalue weighted by Crippen LogP contribution is 2.23. The fourth-order valence-electron chi connectivity index (χ4n) is 1.61. The Labute approximate surface area is 102 Å². The van der Waals surface area contributed by atoms with E-state index < -0.39 is 43.5 Å². The van der Waals surface area contributed by atoms with Gasteiger partial charge in [0.05, 0.1) is 6.61 Å². The lowest BCUT2D eigenvalue weighted by Gasteiger charge is -2.27. The molecule has 2 aliphatic heterocycles. The SMILES string of the molecule is O=C1N[C@@H](O)C=CN1O[C@@H]1O[C@H](CO)[C@@H](O)[C@H]1O. The Morgan fingerprint density at radius 1 is 1.39 bits per heavy atom. The van der Waals surface area contributed by atoms with Crippen molar-refractivity contribution in [1.29, 1.82) is 0 Å². The number of hydroxylamine groups is 2. The molecule has 5 N–H and O–H groups in total. The van der Waals surface area contributed by atoms with E-state index in [1.54, 1.807) is 0 Å². The first-order valence-corrected chi connectivity index (χ1v) is 5.28. The average Bonchev–Trinajstić information content (AvgIpc) is 2.60. The van der Waals surface area contributed by atoms with Crippen LogP contribution in [0.25, 0.3) is 0 Å². The number of hydrogen-bond acceptors (Lipinski definition) is 7. The number of nitrogens with zero attached hydrogens (tertiary/aromatic N) is 1. The van der Waals surface area contributed by atoms with Crippen LogP contribution in [0, 0.1) is 0 Å². The standard InChI is InChI=1S/C9H14N2O7/c12-3-4-6(14)7(15)8(17-4)18-11-2-1-5(13)10-9(11)16/h1-2,4-8,12-15H,3H2,(H,10,16)/t4-,5+,6-,7-,8+/m1/s1. The summed E-state index contributed by atoms with van der Waals surface area (Å²) in [5.41, 5.74) is 0. The predicted molar refractivity (Wildman–Crippen MR) is 54.4 cm³/mol. The molecule has 0 saturated carbocycles. The molecule has 9 nitrogen and oxygen atoms in total. The third-order valence-corrected chi connectivity index (χ3v) is 2.59. The molecule has 0 radical (unpaired) electrons. The molecule has 0 aromatic heterocycles. The van der Waals surface area contributed by atoms with Crippen LogP contribution in [0.15, 0.2) is 12.3 Å². The van der Waals surface area contributed by atoms with Crippen molar-refractivity contribution in [2.75, 3.05) is 6.61 Å². The third-order valence-electron chi connectivity index (χ3n) is 2.59. The quantitative estimate of drug-likeness (QED) is 0.371. The Balaban J connectivity index is 1.98. The van der Waals surface area contributed by atoms with Gasteiger partial charge < -0.3 is 30.5 Å². The molecule has 102 valence electrons. The number of nitrogens with one attached hydrogen (secondary N) is 1. The predicted octanol–water partition coefficient (Wildman–Crippen LogP) is -2.79. The van der Waals surface area contributed by atoms with E-state index in [9.17, 15) is 15.0 Å². The second-order valence-corrected chi connectivity index (χ2v) is 3.87. The van der Waals surface area contributed by atoms with Crippen LogP contribution in [-0.2, 0) is 9.57 Å². The van der Waals surface area contributed by atoms with Crippen molar-refractivity contribution in [2.24, 2.45) is 0 Å². The third kappa shape index (κ3) is 2.46. The molecule has 1 fully saturated rings. The second-order valence-electron chi connectivity index (χ2n) is 3.87. The molecule has 0 spiro atoms. The van der Waals surface area contributed by atoms with Crippen molar-refractivity contribution < 1.29 is 34.8 Å². The normalized spacial score (nSPS) is 40.1. The smallest absolute Gasteiger partial charge is 0.347 e. The summed E-state index contributed by atoms with van der Waals surface area (Å²) in [6.07, 6.45) is -3.68. The first-order valence-electron chi connectivity index (χ1n) is 5.28. The minimum absolute atomic E-state index is 0.487. The zero-order valence-corrected chi connectivity index (χ0v) is 9.21. The molecule has 2 heterocycles. The number of ether oxygens (including phenoxy) is 1. The molecule has 2 amide bonds. The maximum atomic E-state index is 11.4. The van der Waals surface area contributed by atoms with Crippen LogP contribution < -0.4 is 5.32 Å². The molecule has 18 heavy (non-hydrogen) atoms. The molecule has 0 bridgehead atoms. The molecule has 0 aromatic rings. The van der Waals surface area contributed by atoms with Gasteiger partial charge in [-0.2, -0.15) is 5.06 Å². The summed E-state index contributed by atoms with van der Waals surface area (Å²) in [4.78, 5) is 16.4. The van der Waals surface area contributed by atoms with E-state index in [1.807, 2.05) is 0 Å². The molecule has 2 rings (SSSR count). The van der Waals surface area contributed by atoms with Crippen molar-refractivity contribution >= 4 is 6.03 Å². The van der Waals surface area contributed by atoms with Gasteiger partial charge in [-0.1, -0.05) is 0 Å². The maximum Gasteiger partial charge on any atom is 0.347 e. The van der Waals surface area contributed by atoms with Gasteiger partial charge in [0.25, 0.3) is 0 Å². The van der Waals surface area contributed by atoms with Gasteiger partial charge in [0.15, 0.2) is 0 Å². The Morgan fingerprint density at radius 2 is 2.11 bits per heavy atom. The lowest BCUT2D eigenvalue weighted by Crippen LogP contribution is -2.48. The molecule has 9 heteroatoms. The van der Waals surface area contributed by atoms with E-state index in [0.29, 0.717) is 5.06 Å². The highest BCUT2D eigenvalue weighted by Gasteiger charge is 2.44. The van der Waals surface area contributed by atoms with Crippen molar-refractivity contribution in [2.45, 2.75) is 30.8 Å². The van der Waals surface area contributed by atoms with Crippen LogP contribution in [0.3, 0.4) is 0 Å². The number of amides is 2. The zero-order valence-electron chi connectivity index (χ0n) is 9.21. The molecular formula is C9H14N2O7. The zero-order chi connectivity index (χ0) is 13.3. The summed E-state index contributed by atoms with van der Waals surface area (Å²) in [5.74, 6) is 0. The van der Waals surface area contributed by atoms with Gasteiger partial charge >= 0.3 is 6.03 Å². The number of aliphatic hydroxyl groups is 4. The number of aliphatic hydroxyl groups excluding tert-OH is 4. The van der Waals surface area contributed by atoms with Gasteiger partial charge in [-0.3, -0.25) is 0 Å². The van der Waals surface area contributed by atoms with Crippen LogP contribution >= 0.6 is 0 Å². The molecule has 0 unspecified atom stereocenters. The summed E-state index contributed by atoms with van der Waals surface area (Å²) in [5, 5.41) is 39.9. The molecule has 1 saturated heterocycles. The number of carbonyl (C=O) groups is 1. The molecule has 2 aliphatic rings. The Bertz CT molecular complexity index is 350. The second kappa shape index (κ2) is 5.18. The van der Waals surface area contributed by atoms with Crippen molar-refractivity contribution in [3.8, 4) is 0 Å². The minimum Gasteiger partial charge on any atom is -0.394 e. The molecule has 0 aromatic carbocycles. The van der Waals surface area contributed by atoms with E-state index in [2.05, 4.69) is 5.32 Å². The topological polar surface area (TPSA) is 132 Å². The summed E-state index contributed by atoms with van der Waals surface area (Å²) in [7, 11) is 0. The van der Waals surface area contributed by atoms with Crippen molar-refractivity contribution in [1.82, 2.24) is 10.4 Å². The van der Waals surface area contributed by atoms with Crippen LogP contribution in [0.2, 0.25) is 0 Å². The fraction of sp³-hybridized carbons (Fsp3) is 0.667. The lowest BCUT2D eigenvalue weighted by molar-refractivity contribution is -0.254. The maximum absolute atomic E-state index is 11.4. The summed E-state index contributed by atoms with van der Waals surface area (Å²) in [6.45, 7) is -0.487. The molecule has 0 aliphatic carbocycles. The molecular weight excluding hydrogens is 248 g/mol. The van der Waals surface area contributed by atoms with E-state index in [1.165, 1.54) is 6.08 Å². The number of urea groups is 1. The highest BCUT2D eigenvalue weighted by molar-refractivity contribution is 5.75. The molecule has 5 atom stereocenters. The van der Waals surface area contributed by atoms with Gasteiger partial charge in [0, 0.05) is 6.20 Å². The Morgan fingerprint density at radius 3 is 2.67 bits per heavy atom. The van der Waals surface area contributed by atoms with Crippen molar-refractivity contribution in [3.05, 3.63) is 12.3 Å². The Kier molecular flexibility index (Phi) is 3.80. The van der Waals surface area contributed by atoms with E-state index >= 15 is 0 Å². The van der Waals surface area contributed by atoms with Crippen LogP contribution in [0.5, 0.6) is 0 Å². The van der Waals surface area contributed by atoms with Gasteiger partial charge in [-0.05, 0) is 6.08 Å². The summed E-state index contributed by atoms with van der Waals surface area (Å²) >= 11 is 0. The van der Waals surface area contributed by atoms with Gasteiger partial charge in [-0.25, -0.2) is 9.63 Å². The lowest BCUT2D eigenvalue weighted by atomic mass is 10.1. The highest BCUT2D eigenvalue weighted by atomic mass is 16.8. The number of hydrogen-bond donors (Lipinski definition) is 5. The monoisotopic (exact) mass is 262 g/mol. The summed E-state index contributed by atoms with van der Waals surface area (Å²) in [6, 6.07) is -0.747. The fourth-order valence-corrected chi connectivity index (χ4v) is 1.61.